The number of ether oxygens (including phenoxy) is 1. The van der Waals surface area contributed by atoms with Crippen LogP contribution in [0.4, 0.5) is 0 Å². The van der Waals surface area contributed by atoms with E-state index in [0.717, 1.165) is 19.6 Å². The molecule has 0 N–H and O–H groups in total. The molecule has 1 heterocycles. The molecule has 0 aliphatic carbocycles. The molecule has 0 unspecified atom stereocenters. The fourth-order valence-electron chi connectivity index (χ4n) is 2.11. The van der Waals surface area contributed by atoms with Crippen LogP contribution in [-0.4, -0.2) is 34.3 Å². The molecule has 0 aromatic heterocycles. The van der Waals surface area contributed by atoms with Gasteiger partial charge in [0.1, 0.15) is 0 Å². The number of aliphatic imine (C=N–C) groups is 1. The average Bonchev–Trinajstić information content (AvgIpc) is 2.39. The van der Waals surface area contributed by atoms with E-state index in [1.165, 1.54) is 15.6 Å². The Balaban J connectivity index is 1.90. The molecule has 2 nitrogen and oxygen atoms in total. The van der Waals surface area contributed by atoms with Crippen molar-refractivity contribution in [2.75, 3.05) is 13.2 Å². The lowest BCUT2D eigenvalue weighted by Crippen LogP contribution is -2.29. The second kappa shape index (κ2) is 6.54. The number of halogens is 1. The maximum atomic E-state index is 5.96. The molecule has 0 fully saturated rings. The smallest absolute Gasteiger partial charge is 0.0774 e. The molecule has 4 heteroatoms. The molecule has 0 saturated heterocycles. The van der Waals surface area contributed by atoms with Crippen LogP contribution < -0.4 is 0 Å². The molecule has 0 bridgehead atoms. The van der Waals surface area contributed by atoms with Crippen LogP contribution in [0, 0.1) is 0 Å². The summed E-state index contributed by atoms with van der Waals surface area (Å²) in [4.78, 5) is 4.62. The first-order valence-corrected chi connectivity index (χ1v) is 11.0. The van der Waals surface area contributed by atoms with Crippen molar-refractivity contribution in [1.29, 1.82) is 0 Å². The Kier molecular flexibility index (Phi) is 5.21. The van der Waals surface area contributed by atoms with Gasteiger partial charge in [0.15, 0.2) is 0 Å². The lowest BCUT2D eigenvalue weighted by molar-refractivity contribution is 0.102. The fourth-order valence-corrected chi connectivity index (χ4v) is 3.11. The number of fused-ring (bicyclic) bond motifs is 1. The summed E-state index contributed by atoms with van der Waals surface area (Å²) in [5, 5.41) is 0.358. The number of hydrogen-bond donors (Lipinski definition) is 0. The summed E-state index contributed by atoms with van der Waals surface area (Å²) in [5.41, 5.74) is 2.58. The molecule has 0 saturated carbocycles. The molecule has 20 heavy (non-hydrogen) atoms. The normalized spacial score (nSPS) is 18.4. The van der Waals surface area contributed by atoms with Gasteiger partial charge in [-0.2, -0.15) is 0 Å². The third-order valence-electron chi connectivity index (χ3n) is 4.37. The highest BCUT2D eigenvalue weighted by molar-refractivity contribution is 9.10. The summed E-state index contributed by atoms with van der Waals surface area (Å²) in [6.07, 6.45) is 2.95. The van der Waals surface area contributed by atoms with Crippen LogP contribution in [0.25, 0.3) is 0 Å². The summed E-state index contributed by atoms with van der Waals surface area (Å²) in [7, 11) is -0.687. The minimum Gasteiger partial charge on any atom is -0.379 e. The summed E-state index contributed by atoms with van der Waals surface area (Å²) < 4.78 is 7.14. The van der Waals surface area contributed by atoms with E-state index in [0.29, 0.717) is 5.04 Å². The summed E-state index contributed by atoms with van der Waals surface area (Å²) in [5.74, 6) is 0. The van der Waals surface area contributed by atoms with E-state index in [-0.39, 0.29) is 6.04 Å². The minimum absolute atomic E-state index is 0.255. The van der Waals surface area contributed by atoms with Gasteiger partial charge in [-0.25, -0.2) is 0 Å². The van der Waals surface area contributed by atoms with Crippen LogP contribution in [0.3, 0.4) is 0 Å². The van der Waals surface area contributed by atoms with Crippen molar-refractivity contribution < 1.29 is 4.74 Å². The van der Waals surface area contributed by atoms with Gasteiger partial charge in [0.05, 0.1) is 12.6 Å². The van der Waals surface area contributed by atoms with Crippen LogP contribution in [0.1, 0.15) is 25.0 Å². The molecule has 1 aliphatic heterocycles. The van der Waals surface area contributed by atoms with Gasteiger partial charge < -0.3 is 4.74 Å². The largest absolute Gasteiger partial charge is 0.379 e. The van der Waals surface area contributed by atoms with Crippen molar-refractivity contribution in [3.63, 3.8) is 0 Å². The molecule has 0 spiro atoms. The zero-order valence-electron chi connectivity index (χ0n) is 12.8. The lowest BCUT2D eigenvalue weighted by Gasteiger charge is -2.29. The van der Waals surface area contributed by atoms with Crippen LogP contribution >= 0.6 is 15.9 Å². The lowest BCUT2D eigenvalue weighted by atomic mass is 9.98. The van der Waals surface area contributed by atoms with Crippen molar-refractivity contribution >= 4 is 30.9 Å². The standard InChI is InChI=1S/C16H24BrNOSi/c1-16(2,20(3)4)11-19-10-13-8-14-12(9-18-13)6-5-7-15(14)17/h5-7,9,13,20H,8,10-11H2,1-4H3/t13-/m1/s1. The molecule has 1 aromatic rings. The van der Waals surface area contributed by atoms with Crippen LogP contribution in [0.15, 0.2) is 27.7 Å². The van der Waals surface area contributed by atoms with Crippen molar-refractivity contribution in [2.45, 2.75) is 44.4 Å². The number of nitrogens with zero attached hydrogens (tertiary/aromatic N) is 1. The monoisotopic (exact) mass is 353 g/mol. The van der Waals surface area contributed by atoms with Crippen molar-refractivity contribution in [2.24, 2.45) is 4.99 Å². The molecule has 1 aliphatic rings. The minimum atomic E-state index is -0.687. The molecular weight excluding hydrogens is 330 g/mol. The van der Waals surface area contributed by atoms with Gasteiger partial charge >= 0.3 is 0 Å². The second-order valence-corrected chi connectivity index (χ2v) is 11.3. The van der Waals surface area contributed by atoms with E-state index < -0.39 is 8.80 Å². The predicted molar refractivity (Wildman–Crippen MR) is 93.0 cm³/mol. The highest BCUT2D eigenvalue weighted by Crippen LogP contribution is 2.29. The van der Waals surface area contributed by atoms with E-state index in [9.17, 15) is 0 Å². The number of hydrogen-bond acceptors (Lipinski definition) is 2. The predicted octanol–water partition coefficient (Wildman–Crippen LogP) is 4.08. The molecular formula is C16H24BrNOSi. The molecule has 0 amide bonds. The SMILES string of the molecule is C[SiH](C)C(C)(C)COC[C@H]1Cc2c(Br)cccc2C=N1. The van der Waals surface area contributed by atoms with Gasteiger partial charge in [-0.3, -0.25) is 4.99 Å². The fraction of sp³-hybridized carbons (Fsp3) is 0.562. The molecule has 0 radical (unpaired) electrons. The third kappa shape index (κ3) is 3.80. The Labute approximate surface area is 132 Å². The topological polar surface area (TPSA) is 21.6 Å². The van der Waals surface area contributed by atoms with E-state index in [2.05, 4.69) is 66.1 Å². The summed E-state index contributed by atoms with van der Waals surface area (Å²) >= 11 is 3.63. The molecule has 110 valence electrons. The Morgan fingerprint density at radius 3 is 2.85 bits per heavy atom. The second-order valence-electron chi connectivity index (χ2n) is 6.60. The first kappa shape index (κ1) is 15.9. The zero-order chi connectivity index (χ0) is 14.8. The molecule has 1 atom stereocenters. The van der Waals surface area contributed by atoms with Gasteiger partial charge in [-0.1, -0.05) is 55.0 Å². The Morgan fingerprint density at radius 2 is 2.15 bits per heavy atom. The maximum absolute atomic E-state index is 5.96. The van der Waals surface area contributed by atoms with Gasteiger partial charge in [0, 0.05) is 26.1 Å². The van der Waals surface area contributed by atoms with Crippen LogP contribution in [0.5, 0.6) is 0 Å². The van der Waals surface area contributed by atoms with Gasteiger partial charge in [-0.05, 0) is 28.7 Å². The first-order valence-electron chi connectivity index (χ1n) is 7.28. The van der Waals surface area contributed by atoms with E-state index >= 15 is 0 Å². The van der Waals surface area contributed by atoms with Gasteiger partial charge in [0.25, 0.3) is 0 Å². The van der Waals surface area contributed by atoms with Crippen molar-refractivity contribution in [3.05, 3.63) is 33.8 Å². The highest BCUT2D eigenvalue weighted by Gasteiger charge is 2.24. The molecule has 2 rings (SSSR count). The van der Waals surface area contributed by atoms with Gasteiger partial charge in [0.2, 0.25) is 0 Å². The van der Waals surface area contributed by atoms with Crippen LogP contribution in [0.2, 0.25) is 18.1 Å². The Bertz CT molecular complexity index is 499. The zero-order valence-corrected chi connectivity index (χ0v) is 15.6. The summed E-state index contributed by atoms with van der Waals surface area (Å²) in [6, 6.07) is 6.53. The first-order chi connectivity index (χ1) is 9.40. The third-order valence-corrected chi connectivity index (χ3v) is 8.40. The number of rotatable bonds is 5. The van der Waals surface area contributed by atoms with E-state index in [4.69, 9.17) is 4.74 Å². The highest BCUT2D eigenvalue weighted by atomic mass is 79.9. The molecule has 1 aromatic carbocycles. The average molecular weight is 354 g/mol. The van der Waals surface area contributed by atoms with Crippen molar-refractivity contribution in [1.82, 2.24) is 0 Å². The van der Waals surface area contributed by atoms with Crippen LogP contribution in [-0.2, 0) is 11.2 Å². The summed E-state index contributed by atoms with van der Waals surface area (Å²) in [6.45, 7) is 11.0. The Morgan fingerprint density at radius 1 is 1.40 bits per heavy atom. The van der Waals surface area contributed by atoms with E-state index in [1.54, 1.807) is 0 Å². The van der Waals surface area contributed by atoms with E-state index in [1.807, 2.05) is 6.21 Å². The van der Waals surface area contributed by atoms with Gasteiger partial charge in [-0.15, -0.1) is 0 Å². The number of benzene rings is 1. The maximum Gasteiger partial charge on any atom is 0.0774 e. The van der Waals surface area contributed by atoms with Crippen molar-refractivity contribution in [3.8, 4) is 0 Å². The quantitative estimate of drug-likeness (QED) is 0.731. The Hall–Kier alpha value is -0.453.